The van der Waals surface area contributed by atoms with E-state index < -0.39 is 0 Å². The lowest BCUT2D eigenvalue weighted by Crippen LogP contribution is -2.35. The molecule has 1 aromatic heterocycles. The summed E-state index contributed by atoms with van der Waals surface area (Å²) < 4.78 is 5.38. The number of rotatable bonds is 7. The second-order valence-electron chi connectivity index (χ2n) is 6.83. The Hall–Kier alpha value is -1.73. The van der Waals surface area contributed by atoms with Crippen molar-refractivity contribution in [3.63, 3.8) is 0 Å². The Morgan fingerprint density at radius 2 is 1.96 bits per heavy atom. The van der Waals surface area contributed by atoms with E-state index in [4.69, 9.17) is 4.74 Å². The number of hydrogen-bond acceptors (Lipinski definition) is 5. The second kappa shape index (κ2) is 9.28. The molecule has 1 aliphatic heterocycles. The van der Waals surface area contributed by atoms with Gasteiger partial charge in [0.1, 0.15) is 0 Å². The lowest BCUT2D eigenvalue weighted by molar-refractivity contribution is -0.117. The molecule has 5 nitrogen and oxygen atoms in total. The Kier molecular flexibility index (Phi) is 6.80. The van der Waals surface area contributed by atoms with Crippen molar-refractivity contribution in [2.24, 2.45) is 0 Å². The average Bonchev–Trinajstić information content (AvgIpc) is 3.02. The van der Waals surface area contributed by atoms with E-state index in [2.05, 4.69) is 40.7 Å². The summed E-state index contributed by atoms with van der Waals surface area (Å²) in [5, 5.41) is 5.08. The normalized spacial score (nSPS) is 15.3. The van der Waals surface area contributed by atoms with Crippen LogP contribution < -0.4 is 5.32 Å². The number of carbonyl (C=O) groups excluding carboxylic acids is 1. The van der Waals surface area contributed by atoms with E-state index in [-0.39, 0.29) is 5.91 Å². The lowest BCUT2D eigenvalue weighted by atomic mass is 10.2. The third-order valence-electron chi connectivity index (χ3n) is 4.54. The van der Waals surface area contributed by atoms with Crippen molar-refractivity contribution in [3.8, 4) is 0 Å². The molecule has 6 heteroatoms. The van der Waals surface area contributed by atoms with Gasteiger partial charge in [-0.1, -0.05) is 12.1 Å². The predicted octanol–water partition coefficient (Wildman–Crippen LogP) is 2.96. The number of amides is 1. The molecular formula is C20H27N3O2S. The van der Waals surface area contributed by atoms with Gasteiger partial charge in [0.15, 0.2) is 0 Å². The molecule has 0 unspecified atom stereocenters. The van der Waals surface area contributed by atoms with Crippen molar-refractivity contribution < 1.29 is 9.53 Å². The highest BCUT2D eigenvalue weighted by molar-refractivity contribution is 7.10. The summed E-state index contributed by atoms with van der Waals surface area (Å²) in [6.45, 7) is 7.81. The average molecular weight is 374 g/mol. The van der Waals surface area contributed by atoms with E-state index >= 15 is 0 Å². The number of carbonyl (C=O) groups is 1. The minimum Gasteiger partial charge on any atom is -0.379 e. The van der Waals surface area contributed by atoms with Crippen LogP contribution in [0.5, 0.6) is 0 Å². The second-order valence-corrected chi connectivity index (χ2v) is 7.83. The first-order valence-corrected chi connectivity index (χ1v) is 9.88. The van der Waals surface area contributed by atoms with E-state index in [1.54, 1.807) is 11.3 Å². The van der Waals surface area contributed by atoms with E-state index in [0.29, 0.717) is 6.54 Å². The molecule has 0 saturated carbocycles. The zero-order chi connectivity index (χ0) is 18.4. The van der Waals surface area contributed by atoms with Gasteiger partial charge in [-0.05, 0) is 48.7 Å². The summed E-state index contributed by atoms with van der Waals surface area (Å²) in [7, 11) is 1.98. The Morgan fingerprint density at radius 1 is 1.23 bits per heavy atom. The fraction of sp³-hybridized carbons (Fsp3) is 0.450. The van der Waals surface area contributed by atoms with Crippen LogP contribution in [0.1, 0.15) is 16.0 Å². The van der Waals surface area contributed by atoms with Crippen LogP contribution in [0.25, 0.3) is 0 Å². The smallest absolute Gasteiger partial charge is 0.238 e. The van der Waals surface area contributed by atoms with Crippen molar-refractivity contribution in [1.82, 2.24) is 9.80 Å². The molecule has 0 atom stereocenters. The Bertz CT molecular complexity index is 708. The third kappa shape index (κ3) is 5.64. The summed E-state index contributed by atoms with van der Waals surface area (Å²) in [5.41, 5.74) is 3.40. The Morgan fingerprint density at radius 3 is 2.62 bits per heavy atom. The molecule has 0 spiro atoms. The van der Waals surface area contributed by atoms with Gasteiger partial charge >= 0.3 is 0 Å². The number of likely N-dealkylation sites (N-methyl/N-ethyl adjacent to an activating group) is 1. The van der Waals surface area contributed by atoms with Crippen LogP contribution in [0.4, 0.5) is 5.69 Å². The molecule has 2 heterocycles. The third-order valence-corrected chi connectivity index (χ3v) is 5.55. The van der Waals surface area contributed by atoms with Crippen LogP contribution >= 0.6 is 11.3 Å². The van der Waals surface area contributed by atoms with Crippen molar-refractivity contribution in [1.29, 1.82) is 0 Å². The fourth-order valence-corrected chi connectivity index (χ4v) is 4.01. The van der Waals surface area contributed by atoms with Gasteiger partial charge in [-0.25, -0.2) is 0 Å². The molecule has 1 aromatic carbocycles. The van der Waals surface area contributed by atoms with E-state index in [9.17, 15) is 4.79 Å². The number of morpholine rings is 1. The van der Waals surface area contributed by atoms with Gasteiger partial charge in [0, 0.05) is 36.7 Å². The van der Waals surface area contributed by atoms with Gasteiger partial charge in [0.05, 0.1) is 19.8 Å². The maximum atomic E-state index is 12.3. The lowest BCUT2D eigenvalue weighted by Gasteiger charge is -2.26. The highest BCUT2D eigenvalue weighted by atomic mass is 32.1. The summed E-state index contributed by atoms with van der Waals surface area (Å²) in [6.07, 6.45) is 0. The van der Waals surface area contributed by atoms with Crippen LogP contribution in [-0.2, 0) is 22.6 Å². The molecule has 1 fully saturated rings. The molecule has 0 aliphatic carbocycles. The van der Waals surface area contributed by atoms with E-state index in [1.807, 2.05) is 24.1 Å². The number of thiophene rings is 1. The first-order chi connectivity index (χ1) is 12.6. The molecule has 1 amide bonds. The fourth-order valence-electron chi connectivity index (χ4n) is 3.02. The predicted molar refractivity (Wildman–Crippen MR) is 107 cm³/mol. The van der Waals surface area contributed by atoms with Gasteiger partial charge in [-0.15, -0.1) is 11.3 Å². The summed E-state index contributed by atoms with van der Waals surface area (Å²) >= 11 is 1.74. The highest BCUT2D eigenvalue weighted by Gasteiger charge is 2.12. The standard InChI is InChI=1S/C20H27N3O2S/c1-16-7-12-26-19(16)14-22(2)15-20(24)21-18-5-3-17(4-6-18)13-23-8-10-25-11-9-23/h3-7,12H,8-11,13-15H2,1-2H3,(H,21,24). The van der Waals surface area contributed by atoms with Crippen LogP contribution in [0, 0.1) is 6.92 Å². The molecule has 1 N–H and O–H groups in total. The van der Waals surface area contributed by atoms with Gasteiger partial charge in [-0.2, -0.15) is 0 Å². The zero-order valence-corrected chi connectivity index (χ0v) is 16.3. The van der Waals surface area contributed by atoms with E-state index in [0.717, 1.165) is 45.1 Å². The molecule has 1 saturated heterocycles. The number of nitrogens with one attached hydrogen (secondary N) is 1. The van der Waals surface area contributed by atoms with Crippen molar-refractivity contribution in [3.05, 3.63) is 51.7 Å². The van der Waals surface area contributed by atoms with Crippen molar-refractivity contribution >= 4 is 22.9 Å². The molecule has 26 heavy (non-hydrogen) atoms. The number of hydrogen-bond donors (Lipinski definition) is 1. The largest absolute Gasteiger partial charge is 0.379 e. The summed E-state index contributed by atoms with van der Waals surface area (Å²) in [5.74, 6) is 0.0163. The molecule has 1 aliphatic rings. The molecular weight excluding hydrogens is 346 g/mol. The van der Waals surface area contributed by atoms with Gasteiger partial charge in [0.25, 0.3) is 0 Å². The number of benzene rings is 1. The zero-order valence-electron chi connectivity index (χ0n) is 15.5. The van der Waals surface area contributed by atoms with Crippen LogP contribution in [0.3, 0.4) is 0 Å². The summed E-state index contributed by atoms with van der Waals surface area (Å²) in [4.78, 5) is 18.0. The number of ether oxygens (including phenoxy) is 1. The number of anilines is 1. The summed E-state index contributed by atoms with van der Waals surface area (Å²) in [6, 6.07) is 10.3. The highest BCUT2D eigenvalue weighted by Crippen LogP contribution is 2.17. The monoisotopic (exact) mass is 373 g/mol. The molecule has 2 aromatic rings. The molecule has 0 radical (unpaired) electrons. The van der Waals surface area contributed by atoms with Gasteiger partial charge in [-0.3, -0.25) is 14.6 Å². The van der Waals surface area contributed by atoms with Crippen molar-refractivity contribution in [2.45, 2.75) is 20.0 Å². The quantitative estimate of drug-likeness (QED) is 0.810. The topological polar surface area (TPSA) is 44.8 Å². The van der Waals surface area contributed by atoms with Crippen molar-refractivity contribution in [2.75, 3.05) is 45.2 Å². The Balaban J connectivity index is 1.45. The first kappa shape index (κ1) is 19.0. The van der Waals surface area contributed by atoms with Crippen LogP contribution in [-0.4, -0.2) is 55.6 Å². The van der Waals surface area contributed by atoms with Gasteiger partial charge in [0.2, 0.25) is 5.91 Å². The molecule has 140 valence electrons. The van der Waals surface area contributed by atoms with Crippen LogP contribution in [0.15, 0.2) is 35.7 Å². The first-order valence-electron chi connectivity index (χ1n) is 9.00. The minimum absolute atomic E-state index is 0.0163. The Labute approximate surface area is 159 Å². The SMILES string of the molecule is Cc1ccsc1CN(C)CC(=O)Nc1ccc(CN2CCOCC2)cc1. The number of nitrogens with zero attached hydrogens (tertiary/aromatic N) is 2. The van der Waals surface area contributed by atoms with Gasteiger partial charge < -0.3 is 10.1 Å². The van der Waals surface area contributed by atoms with Crippen LogP contribution in [0.2, 0.25) is 0 Å². The van der Waals surface area contributed by atoms with E-state index in [1.165, 1.54) is 16.0 Å². The maximum Gasteiger partial charge on any atom is 0.238 e. The molecule has 0 bridgehead atoms. The molecule has 3 rings (SSSR count). The minimum atomic E-state index is 0.0163. The number of aryl methyl sites for hydroxylation is 1. The maximum absolute atomic E-state index is 12.3.